The maximum absolute atomic E-state index is 12.8. The third kappa shape index (κ3) is 5.65. The van der Waals surface area contributed by atoms with Gasteiger partial charge in [-0.3, -0.25) is 4.79 Å². The minimum atomic E-state index is -1.37. The maximum Gasteiger partial charge on any atom is 0.252 e. The second-order valence-electron chi connectivity index (χ2n) is 8.19. The monoisotopic (exact) mass is 439 g/mol. The number of rotatable bonds is 7. The van der Waals surface area contributed by atoms with Gasteiger partial charge < -0.3 is 30.5 Å². The second-order valence-corrected chi connectivity index (χ2v) is 8.67. The van der Waals surface area contributed by atoms with E-state index in [0.717, 1.165) is 41.3 Å². The molecule has 4 N–H and O–H groups in total. The van der Waals surface area contributed by atoms with Crippen LogP contribution in [0.5, 0.6) is 0 Å². The normalized spacial score (nSPS) is 27.5. The van der Waals surface area contributed by atoms with Crippen molar-refractivity contribution in [1.29, 1.82) is 0 Å². The first kappa shape index (κ1) is 23.3. The van der Waals surface area contributed by atoms with Crippen LogP contribution in [0.3, 0.4) is 0 Å². The standard InChI is InChI=1S/C22H34ClN3O4/c1-3-16(23)12-25-20-15(2)4-5-17(19-14-30-11-8-24-19)18(20)13-26-21(27)22(28)6-9-29-10-7-22/h5,12,15,19,24-25,28H,3-4,6-11,13-14H2,1-2H3,(H,26,27)/b16-12+/t15-,19-/m0/s1. The Morgan fingerprint density at radius 3 is 2.80 bits per heavy atom. The first-order valence-electron chi connectivity index (χ1n) is 10.9. The number of halogens is 1. The summed E-state index contributed by atoms with van der Waals surface area (Å²) in [6, 6.07) is 0.0757. The van der Waals surface area contributed by atoms with Gasteiger partial charge in [-0.25, -0.2) is 0 Å². The van der Waals surface area contributed by atoms with Crippen LogP contribution in [-0.2, 0) is 14.3 Å². The molecule has 2 saturated heterocycles. The van der Waals surface area contributed by atoms with E-state index in [-0.39, 0.29) is 17.9 Å². The molecule has 0 bridgehead atoms. The molecule has 7 nitrogen and oxygen atoms in total. The number of ether oxygens (including phenoxy) is 2. The third-order valence-electron chi connectivity index (χ3n) is 6.05. The van der Waals surface area contributed by atoms with Crippen molar-refractivity contribution in [3.8, 4) is 0 Å². The van der Waals surface area contributed by atoms with Crippen molar-refractivity contribution >= 4 is 17.5 Å². The topological polar surface area (TPSA) is 91.9 Å². The molecule has 0 saturated carbocycles. The van der Waals surface area contributed by atoms with Gasteiger partial charge in [0, 0.05) is 56.1 Å². The van der Waals surface area contributed by atoms with E-state index in [4.69, 9.17) is 21.1 Å². The number of aliphatic hydroxyl groups is 1. The number of morpholine rings is 1. The Hall–Kier alpha value is -1.38. The number of carbonyl (C=O) groups excluding carboxylic acids is 1. The summed E-state index contributed by atoms with van der Waals surface area (Å²) < 4.78 is 11.0. The Kier molecular flexibility index (Phi) is 8.36. The molecule has 0 aromatic carbocycles. The molecule has 168 valence electrons. The molecule has 1 amide bonds. The Balaban J connectivity index is 1.82. The number of carbonyl (C=O) groups is 1. The molecule has 0 aromatic rings. The molecule has 8 heteroatoms. The van der Waals surface area contributed by atoms with Crippen molar-refractivity contribution in [2.45, 2.75) is 51.2 Å². The Morgan fingerprint density at radius 2 is 2.13 bits per heavy atom. The van der Waals surface area contributed by atoms with Gasteiger partial charge >= 0.3 is 0 Å². The van der Waals surface area contributed by atoms with Crippen LogP contribution in [0.15, 0.2) is 34.2 Å². The van der Waals surface area contributed by atoms with Crippen LogP contribution in [0.1, 0.15) is 39.5 Å². The van der Waals surface area contributed by atoms with Gasteiger partial charge in [-0.2, -0.15) is 0 Å². The highest BCUT2D eigenvalue weighted by Crippen LogP contribution is 2.31. The zero-order valence-corrected chi connectivity index (χ0v) is 18.7. The number of hydrogen-bond acceptors (Lipinski definition) is 6. The summed E-state index contributed by atoms with van der Waals surface area (Å²) in [5.41, 5.74) is 1.84. The van der Waals surface area contributed by atoms with Gasteiger partial charge in [-0.1, -0.05) is 31.5 Å². The van der Waals surface area contributed by atoms with Crippen LogP contribution in [0.4, 0.5) is 0 Å². The fourth-order valence-electron chi connectivity index (χ4n) is 4.07. The van der Waals surface area contributed by atoms with Crippen molar-refractivity contribution in [2.24, 2.45) is 5.92 Å². The summed E-state index contributed by atoms with van der Waals surface area (Å²) in [6.07, 6.45) is 6.33. The first-order chi connectivity index (χ1) is 14.4. The molecule has 0 aromatic heterocycles. The van der Waals surface area contributed by atoms with E-state index in [1.54, 1.807) is 0 Å². The molecule has 0 unspecified atom stereocenters. The summed E-state index contributed by atoms with van der Waals surface area (Å²) >= 11 is 6.23. The highest BCUT2D eigenvalue weighted by atomic mass is 35.5. The van der Waals surface area contributed by atoms with Crippen LogP contribution in [-0.4, -0.2) is 62.2 Å². The highest BCUT2D eigenvalue weighted by molar-refractivity contribution is 6.29. The zero-order valence-electron chi connectivity index (χ0n) is 17.9. The quantitative estimate of drug-likeness (QED) is 0.484. The van der Waals surface area contributed by atoms with Gasteiger partial charge in [0.25, 0.3) is 5.91 Å². The van der Waals surface area contributed by atoms with Crippen molar-refractivity contribution in [3.63, 3.8) is 0 Å². The van der Waals surface area contributed by atoms with E-state index >= 15 is 0 Å². The van der Waals surface area contributed by atoms with Gasteiger partial charge in [0.1, 0.15) is 5.60 Å². The third-order valence-corrected chi connectivity index (χ3v) is 6.42. The maximum atomic E-state index is 12.8. The second kappa shape index (κ2) is 10.8. The van der Waals surface area contributed by atoms with Crippen LogP contribution < -0.4 is 16.0 Å². The van der Waals surface area contributed by atoms with Crippen molar-refractivity contribution < 1.29 is 19.4 Å². The molecular formula is C22H34ClN3O4. The fourth-order valence-corrected chi connectivity index (χ4v) is 4.12. The van der Waals surface area contributed by atoms with Gasteiger partial charge in [0.05, 0.1) is 19.3 Å². The average Bonchev–Trinajstić information content (AvgIpc) is 2.77. The smallest absolute Gasteiger partial charge is 0.252 e. The lowest BCUT2D eigenvalue weighted by molar-refractivity contribution is -0.149. The summed E-state index contributed by atoms with van der Waals surface area (Å²) in [4.78, 5) is 12.8. The van der Waals surface area contributed by atoms with E-state index in [0.29, 0.717) is 45.8 Å². The Bertz CT molecular complexity index is 707. The van der Waals surface area contributed by atoms with E-state index in [1.807, 2.05) is 13.1 Å². The largest absolute Gasteiger partial charge is 0.381 e. The lowest BCUT2D eigenvalue weighted by Crippen LogP contribution is -2.51. The lowest BCUT2D eigenvalue weighted by Gasteiger charge is -2.35. The van der Waals surface area contributed by atoms with Crippen molar-refractivity contribution in [2.75, 3.05) is 39.5 Å². The number of amides is 1. The molecule has 0 spiro atoms. The van der Waals surface area contributed by atoms with Gasteiger partial charge in [-0.05, 0) is 29.9 Å². The minimum Gasteiger partial charge on any atom is -0.381 e. The lowest BCUT2D eigenvalue weighted by atomic mass is 9.84. The molecule has 3 rings (SSSR count). The van der Waals surface area contributed by atoms with Gasteiger partial charge in [0.2, 0.25) is 0 Å². The van der Waals surface area contributed by atoms with E-state index in [1.165, 1.54) is 0 Å². The zero-order chi connectivity index (χ0) is 21.6. The minimum absolute atomic E-state index is 0.0757. The number of nitrogens with one attached hydrogen (secondary N) is 3. The number of hydrogen-bond donors (Lipinski definition) is 4. The molecule has 2 aliphatic heterocycles. The molecule has 1 aliphatic carbocycles. The number of allylic oxidation sites excluding steroid dienone is 3. The van der Waals surface area contributed by atoms with Crippen LogP contribution in [0, 0.1) is 5.92 Å². The van der Waals surface area contributed by atoms with Crippen LogP contribution in [0.2, 0.25) is 0 Å². The van der Waals surface area contributed by atoms with Gasteiger partial charge in [0.15, 0.2) is 0 Å². The van der Waals surface area contributed by atoms with Crippen LogP contribution in [0.25, 0.3) is 0 Å². The Labute approximate surface area is 183 Å². The van der Waals surface area contributed by atoms with Crippen LogP contribution >= 0.6 is 11.6 Å². The Morgan fingerprint density at radius 1 is 1.37 bits per heavy atom. The molecule has 30 heavy (non-hydrogen) atoms. The molecule has 3 aliphatic rings. The van der Waals surface area contributed by atoms with Gasteiger partial charge in [-0.15, -0.1) is 0 Å². The summed E-state index contributed by atoms with van der Waals surface area (Å²) in [6.45, 7) is 7.36. The molecule has 2 heterocycles. The summed E-state index contributed by atoms with van der Waals surface area (Å²) in [7, 11) is 0. The fraction of sp³-hybridized carbons (Fsp3) is 0.682. The molecular weight excluding hydrogens is 406 g/mol. The predicted molar refractivity (Wildman–Crippen MR) is 117 cm³/mol. The first-order valence-corrected chi connectivity index (χ1v) is 11.3. The molecule has 2 atom stereocenters. The molecule has 2 fully saturated rings. The predicted octanol–water partition coefficient (Wildman–Crippen LogP) is 1.93. The van der Waals surface area contributed by atoms with Crippen molar-refractivity contribution in [1.82, 2.24) is 16.0 Å². The summed E-state index contributed by atoms with van der Waals surface area (Å²) in [5, 5.41) is 21.3. The van der Waals surface area contributed by atoms with E-state index in [2.05, 4.69) is 29.0 Å². The SMILES string of the molecule is CC/C(Cl)=C\NC1=C(CNC(=O)C2(O)CCOCC2)C([C@@H]2COCCN2)=CC[C@@H]1C. The van der Waals surface area contributed by atoms with E-state index in [9.17, 15) is 9.90 Å². The summed E-state index contributed by atoms with van der Waals surface area (Å²) in [5.74, 6) is -0.0842. The highest BCUT2D eigenvalue weighted by Gasteiger charge is 2.38. The molecule has 0 radical (unpaired) electrons. The average molecular weight is 440 g/mol. The van der Waals surface area contributed by atoms with Crippen molar-refractivity contribution in [3.05, 3.63) is 34.2 Å². The van der Waals surface area contributed by atoms with E-state index < -0.39 is 5.60 Å².